The molecule has 0 bridgehead atoms. The first-order valence-corrected chi connectivity index (χ1v) is 7.46. The lowest BCUT2D eigenvalue weighted by molar-refractivity contribution is -0.275. The molecule has 1 aromatic heterocycles. The van der Waals surface area contributed by atoms with Gasteiger partial charge in [-0.3, -0.25) is 0 Å². The van der Waals surface area contributed by atoms with Gasteiger partial charge in [0, 0.05) is 12.0 Å². The van der Waals surface area contributed by atoms with E-state index in [2.05, 4.69) is 5.16 Å². The molecular weight excluding hydrogens is 331 g/mol. The first kappa shape index (κ1) is 15.5. The first-order valence-electron chi connectivity index (χ1n) is 6.52. The van der Waals surface area contributed by atoms with Crippen LogP contribution in [0.2, 0.25) is 0 Å². The average molecular weight is 341 g/mol. The zero-order chi connectivity index (χ0) is 16.7. The second-order valence-electron chi connectivity index (χ2n) is 5.03. The summed E-state index contributed by atoms with van der Waals surface area (Å²) < 4.78 is 40.7. The molecule has 0 radical (unpaired) electrons. The summed E-state index contributed by atoms with van der Waals surface area (Å²) in [6.07, 6.45) is -5.08. The molecule has 3 rings (SSSR count). The Hall–Kier alpha value is -2.35. The highest BCUT2D eigenvalue weighted by Crippen LogP contribution is 2.49. The van der Waals surface area contributed by atoms with Gasteiger partial charge in [-0.1, -0.05) is 17.3 Å². The fourth-order valence-corrected chi connectivity index (χ4v) is 3.08. The number of carboxylic acid groups (broad SMARTS) is 1. The van der Waals surface area contributed by atoms with Crippen molar-refractivity contribution in [3.8, 4) is 0 Å². The van der Waals surface area contributed by atoms with Crippen LogP contribution in [0.3, 0.4) is 0 Å². The molecule has 1 aromatic carbocycles. The maximum atomic E-state index is 13.6. The van der Waals surface area contributed by atoms with Crippen molar-refractivity contribution in [1.29, 1.82) is 0 Å². The van der Waals surface area contributed by atoms with Gasteiger partial charge in [0.15, 0.2) is 0 Å². The fraction of sp³-hybridized carbons (Fsp3) is 0.200. The highest BCUT2D eigenvalue weighted by atomic mass is 32.1. The van der Waals surface area contributed by atoms with Gasteiger partial charge < -0.3 is 9.94 Å². The Morgan fingerprint density at radius 1 is 1.26 bits per heavy atom. The number of carbonyl (C=O) groups is 1. The van der Waals surface area contributed by atoms with Crippen molar-refractivity contribution in [2.45, 2.75) is 18.2 Å². The molecule has 0 saturated heterocycles. The van der Waals surface area contributed by atoms with Crippen LogP contribution in [-0.4, -0.2) is 23.0 Å². The summed E-state index contributed by atoms with van der Waals surface area (Å²) in [5.41, 5.74) is -1.90. The monoisotopic (exact) mass is 341 g/mol. The Morgan fingerprint density at radius 2 is 1.96 bits per heavy atom. The van der Waals surface area contributed by atoms with Crippen LogP contribution < -0.4 is 0 Å². The van der Waals surface area contributed by atoms with Crippen molar-refractivity contribution in [3.63, 3.8) is 0 Å². The highest BCUT2D eigenvalue weighted by Gasteiger charge is 2.62. The minimum absolute atomic E-state index is 0.0101. The topological polar surface area (TPSA) is 58.9 Å². The quantitative estimate of drug-likeness (QED) is 0.917. The Kier molecular flexibility index (Phi) is 3.63. The predicted molar refractivity (Wildman–Crippen MR) is 77.7 cm³/mol. The summed E-state index contributed by atoms with van der Waals surface area (Å²) in [7, 11) is 0. The number of nitrogens with zero attached hydrogens (tertiary/aromatic N) is 1. The van der Waals surface area contributed by atoms with E-state index in [0.29, 0.717) is 5.56 Å². The lowest BCUT2D eigenvalue weighted by Crippen LogP contribution is -2.42. The van der Waals surface area contributed by atoms with Gasteiger partial charge in [0.2, 0.25) is 0 Å². The summed E-state index contributed by atoms with van der Waals surface area (Å²) in [4.78, 5) is 15.7. The maximum absolute atomic E-state index is 13.6. The average Bonchev–Trinajstić information content (AvgIpc) is 3.16. The minimum Gasteiger partial charge on any atom is -0.478 e. The third-order valence-electron chi connectivity index (χ3n) is 3.64. The largest absolute Gasteiger partial charge is 0.478 e. The van der Waals surface area contributed by atoms with Crippen LogP contribution in [0.4, 0.5) is 13.2 Å². The smallest absolute Gasteiger partial charge is 0.435 e. The molecule has 1 atom stereocenters. The summed E-state index contributed by atoms with van der Waals surface area (Å²) in [5.74, 6) is -1.11. The van der Waals surface area contributed by atoms with E-state index < -0.39 is 24.2 Å². The molecule has 0 amide bonds. The van der Waals surface area contributed by atoms with Crippen LogP contribution >= 0.6 is 11.3 Å². The minimum atomic E-state index is -4.62. The molecule has 0 fully saturated rings. The van der Waals surface area contributed by atoms with E-state index in [1.807, 2.05) is 0 Å². The number of oxime groups is 1. The number of hydrogen-bond donors (Lipinski definition) is 1. The molecule has 0 aliphatic carbocycles. The van der Waals surface area contributed by atoms with Gasteiger partial charge in [0.05, 0.1) is 11.3 Å². The van der Waals surface area contributed by atoms with Crippen LogP contribution in [-0.2, 0) is 10.4 Å². The summed E-state index contributed by atoms with van der Waals surface area (Å²) in [5, 5.41) is 15.4. The van der Waals surface area contributed by atoms with Crippen molar-refractivity contribution in [3.05, 3.63) is 57.8 Å². The fourth-order valence-electron chi connectivity index (χ4n) is 2.36. The zero-order valence-corrected chi connectivity index (χ0v) is 12.3. The van der Waals surface area contributed by atoms with E-state index >= 15 is 0 Å². The van der Waals surface area contributed by atoms with Gasteiger partial charge in [-0.2, -0.15) is 24.5 Å². The molecule has 2 heterocycles. The molecule has 23 heavy (non-hydrogen) atoms. The molecule has 1 aliphatic heterocycles. The third kappa shape index (κ3) is 2.59. The van der Waals surface area contributed by atoms with Gasteiger partial charge in [-0.15, -0.1) is 0 Å². The first-order chi connectivity index (χ1) is 10.8. The van der Waals surface area contributed by atoms with E-state index in [4.69, 9.17) is 9.94 Å². The summed E-state index contributed by atoms with van der Waals surface area (Å²) in [6.45, 7) is 0. The number of halogens is 3. The molecule has 1 unspecified atom stereocenters. The van der Waals surface area contributed by atoms with Crippen molar-refractivity contribution in [2.24, 2.45) is 5.16 Å². The second-order valence-corrected chi connectivity index (χ2v) is 5.81. The Morgan fingerprint density at radius 3 is 2.48 bits per heavy atom. The van der Waals surface area contributed by atoms with Crippen LogP contribution in [0, 0.1) is 0 Å². The van der Waals surface area contributed by atoms with E-state index in [0.717, 1.165) is 11.3 Å². The summed E-state index contributed by atoms with van der Waals surface area (Å²) in [6, 6.07) is 6.85. The molecule has 1 N–H and O–H groups in total. The number of thiophene rings is 1. The standard InChI is InChI=1S/C15H10F3NO3S/c16-15(17,18)14(11-5-6-23-8-11)7-12(19-22-14)9-1-3-10(4-2-9)13(20)21/h1-6,8H,7H2,(H,20,21). The second kappa shape index (κ2) is 5.38. The number of rotatable bonds is 3. The predicted octanol–water partition coefficient (Wildman–Crippen LogP) is 4.03. The van der Waals surface area contributed by atoms with Crippen molar-refractivity contribution < 1.29 is 27.9 Å². The zero-order valence-electron chi connectivity index (χ0n) is 11.5. The van der Waals surface area contributed by atoms with E-state index in [1.165, 1.54) is 35.7 Å². The molecule has 8 heteroatoms. The lowest BCUT2D eigenvalue weighted by Gasteiger charge is -2.28. The van der Waals surface area contributed by atoms with Gasteiger partial charge in [-0.05, 0) is 34.5 Å². The number of hydrogen-bond acceptors (Lipinski definition) is 4. The number of benzene rings is 1. The van der Waals surface area contributed by atoms with E-state index in [9.17, 15) is 18.0 Å². The maximum Gasteiger partial charge on any atom is 0.435 e. The molecule has 4 nitrogen and oxygen atoms in total. The van der Waals surface area contributed by atoms with Crippen molar-refractivity contribution >= 4 is 23.0 Å². The van der Waals surface area contributed by atoms with E-state index in [1.54, 1.807) is 5.38 Å². The number of carboxylic acids is 1. The van der Waals surface area contributed by atoms with Gasteiger partial charge >= 0.3 is 12.1 Å². The van der Waals surface area contributed by atoms with Gasteiger partial charge in [0.25, 0.3) is 5.60 Å². The Bertz CT molecular complexity index is 753. The Balaban J connectivity index is 1.92. The lowest BCUT2D eigenvalue weighted by atomic mass is 9.88. The van der Waals surface area contributed by atoms with Crippen LogP contribution in [0.25, 0.3) is 0 Å². The van der Waals surface area contributed by atoms with Crippen molar-refractivity contribution in [1.82, 2.24) is 0 Å². The number of alkyl halides is 3. The molecule has 1 aliphatic rings. The molecule has 120 valence electrons. The highest BCUT2D eigenvalue weighted by molar-refractivity contribution is 7.08. The Labute approximate surface area is 132 Å². The van der Waals surface area contributed by atoms with E-state index in [-0.39, 0.29) is 16.8 Å². The normalized spacial score (nSPS) is 20.9. The number of aromatic carboxylic acids is 1. The van der Waals surface area contributed by atoms with Crippen LogP contribution in [0.15, 0.2) is 46.2 Å². The van der Waals surface area contributed by atoms with Crippen LogP contribution in [0.5, 0.6) is 0 Å². The SMILES string of the molecule is O=C(O)c1ccc(C2=NOC(c3ccsc3)(C(F)(F)F)C2)cc1. The summed E-state index contributed by atoms with van der Waals surface area (Å²) >= 11 is 1.15. The molecular formula is C15H10F3NO3S. The van der Waals surface area contributed by atoms with Gasteiger partial charge in [-0.25, -0.2) is 4.79 Å². The molecule has 0 spiro atoms. The molecule has 0 saturated carbocycles. The third-order valence-corrected chi connectivity index (χ3v) is 4.32. The molecule has 2 aromatic rings. The van der Waals surface area contributed by atoms with Crippen LogP contribution in [0.1, 0.15) is 27.9 Å². The van der Waals surface area contributed by atoms with Gasteiger partial charge in [0.1, 0.15) is 0 Å². The van der Waals surface area contributed by atoms with Crippen molar-refractivity contribution in [2.75, 3.05) is 0 Å².